The average molecular weight is 1100 g/mol. The van der Waals surface area contributed by atoms with E-state index in [4.69, 9.17) is 0 Å². The summed E-state index contributed by atoms with van der Waals surface area (Å²) in [4.78, 5) is 30.5. The van der Waals surface area contributed by atoms with Crippen molar-refractivity contribution < 1.29 is 60.5 Å². The van der Waals surface area contributed by atoms with E-state index in [9.17, 15) is 9.59 Å². The highest BCUT2D eigenvalue weighted by molar-refractivity contribution is 5.76. The molecule has 12 heteroatoms. The molecule has 412 valence electrons. The number of carbonyl (C=O) groups excluding carboxylic acids is 2. The summed E-state index contributed by atoms with van der Waals surface area (Å²) in [6.45, 7) is 15.6. The number of pyridine rings is 3. The Morgan fingerprint density at radius 1 is 0.364 bits per heavy atom. The van der Waals surface area contributed by atoms with Gasteiger partial charge in [-0.3, -0.25) is 9.59 Å². The van der Waals surface area contributed by atoms with Gasteiger partial charge in [-0.15, -0.1) is 0 Å². The van der Waals surface area contributed by atoms with Crippen molar-refractivity contribution in [3.8, 4) is 0 Å². The Bertz CT molecular complexity index is 2600. The molecule has 0 aliphatic carbocycles. The van der Waals surface area contributed by atoms with Gasteiger partial charge in [0.25, 0.3) is 0 Å². The highest BCUT2D eigenvalue weighted by atomic mass is 35.5. The second-order valence-corrected chi connectivity index (χ2v) is 18.3. The number of nitrogens with zero attached hydrogens (tertiary/aromatic N) is 7. The number of hydrogen-bond acceptors (Lipinski definition) is 6. The lowest BCUT2D eigenvalue weighted by Gasteiger charge is -2.22. The van der Waals surface area contributed by atoms with Crippen molar-refractivity contribution in [2.24, 2.45) is 0 Å². The Morgan fingerprint density at radius 2 is 0.636 bits per heavy atom. The van der Waals surface area contributed by atoms with Crippen molar-refractivity contribution in [1.82, 2.24) is 0 Å². The summed E-state index contributed by atoms with van der Waals surface area (Å²) in [5.74, 6) is 0. The molecular formula is C65H84Cl3N7O2. The summed E-state index contributed by atoms with van der Waals surface area (Å²) >= 11 is 0. The fourth-order valence-electron chi connectivity index (χ4n) is 8.34. The van der Waals surface area contributed by atoms with E-state index < -0.39 is 0 Å². The lowest BCUT2D eigenvalue weighted by Crippen LogP contribution is -3.00. The standard InChI is InChI=1S/C36H44N4.C20H24N2O2.C8H12N.CH4.3ClH/c1-5-39-29-9-7-13-35(39)25-19-31-15-21-33(22-16-31)37(3)27-11-12-28-38(4)34-23-17-32(18-24-34)20-26-36-14-8-10-30-40(36)6-2;1-21(19-9-5-17(15-23)6-10-19)13-3-4-14-22(2)20-11-7-18(16-24)8-12-20;1-3-9-7-5-4-6-8(9)2;;;;/h7-10,13-26,29-30H,5-6,11-12,27-28H2,1-4H3;5-12,15-16H,3-4,13-14H2,1-2H3;4-7H,3H2,1-2H3;1H4;3*1H/q+2;;+1;;;;/p-3. The molecule has 3 heterocycles. The van der Waals surface area contributed by atoms with Crippen LogP contribution in [0.3, 0.4) is 0 Å². The monoisotopic (exact) mass is 1100 g/mol. The maximum atomic E-state index is 10.7. The van der Waals surface area contributed by atoms with Crippen molar-refractivity contribution in [2.45, 2.75) is 80.4 Å². The van der Waals surface area contributed by atoms with Crippen molar-refractivity contribution in [1.29, 1.82) is 0 Å². The molecule has 0 saturated carbocycles. The zero-order valence-electron chi connectivity index (χ0n) is 46.0. The second-order valence-electron chi connectivity index (χ2n) is 18.3. The number of anilines is 4. The molecule has 3 aromatic heterocycles. The normalized spacial score (nSPS) is 10.2. The number of unbranched alkanes of at least 4 members (excludes halogenated alkanes) is 2. The zero-order valence-corrected chi connectivity index (χ0v) is 48.3. The molecule has 0 aliphatic rings. The van der Waals surface area contributed by atoms with E-state index in [2.05, 4.69) is 235 Å². The van der Waals surface area contributed by atoms with Gasteiger partial charge >= 0.3 is 0 Å². The smallest absolute Gasteiger partial charge is 0.205 e. The first kappa shape index (κ1) is 68.2. The van der Waals surface area contributed by atoms with Crippen LogP contribution in [0.1, 0.15) is 103 Å². The topological polar surface area (TPSA) is 58.7 Å². The number of hydrogen-bond donors (Lipinski definition) is 0. The number of carbonyl (C=O) groups is 2. The van der Waals surface area contributed by atoms with E-state index in [0.717, 1.165) is 95.4 Å². The first-order chi connectivity index (χ1) is 35.5. The lowest BCUT2D eigenvalue weighted by atomic mass is 10.1. The SMILES string of the molecule is C.CC[n+]1ccccc1/C=C/c1ccc(N(C)CCCCN(C)c2ccc(/C=C/c3cccc[n+]3CC)cc2)cc1.CC[n+]1ccccc1C.CN(CCCCN(C)c1ccc(C=O)cc1)c1ccc(C=O)cc1.[Cl-].[Cl-].[Cl-]. The predicted molar refractivity (Wildman–Crippen MR) is 314 cm³/mol. The Balaban J connectivity index is 0.000000680. The van der Waals surface area contributed by atoms with Crippen molar-refractivity contribution >= 4 is 59.6 Å². The first-order valence-electron chi connectivity index (χ1n) is 26.0. The zero-order chi connectivity index (χ0) is 52.2. The minimum absolute atomic E-state index is 0. The van der Waals surface area contributed by atoms with E-state index in [-0.39, 0.29) is 44.6 Å². The number of aryl methyl sites for hydroxylation is 4. The summed E-state index contributed by atoms with van der Waals surface area (Å²) in [6.07, 6.45) is 21.3. The Hall–Kier alpha value is -6.78. The maximum Gasteiger partial charge on any atom is 0.205 e. The third kappa shape index (κ3) is 23.2. The van der Waals surface area contributed by atoms with E-state index in [1.54, 1.807) is 0 Å². The van der Waals surface area contributed by atoms with Gasteiger partial charge in [-0.25, -0.2) is 4.57 Å². The van der Waals surface area contributed by atoms with Crippen LogP contribution in [0.4, 0.5) is 22.7 Å². The fourth-order valence-corrected chi connectivity index (χ4v) is 8.34. The van der Waals surface area contributed by atoms with E-state index in [0.29, 0.717) is 11.1 Å². The van der Waals surface area contributed by atoms with Crippen LogP contribution in [-0.4, -0.2) is 66.9 Å². The van der Waals surface area contributed by atoms with Crippen molar-refractivity contribution in [3.63, 3.8) is 0 Å². The van der Waals surface area contributed by atoms with Gasteiger partial charge in [-0.1, -0.05) is 37.8 Å². The highest BCUT2D eigenvalue weighted by Gasteiger charge is 2.08. The van der Waals surface area contributed by atoms with Crippen LogP contribution in [0, 0.1) is 6.92 Å². The largest absolute Gasteiger partial charge is 1.00 e. The van der Waals surface area contributed by atoms with Gasteiger partial charge in [0.15, 0.2) is 24.3 Å². The van der Waals surface area contributed by atoms with Crippen LogP contribution in [0.2, 0.25) is 0 Å². The number of benzene rings is 4. The van der Waals surface area contributed by atoms with Gasteiger partial charge < -0.3 is 56.8 Å². The third-order valence-corrected chi connectivity index (χ3v) is 13.1. The molecule has 0 unspecified atom stereocenters. The van der Waals surface area contributed by atoms with Crippen molar-refractivity contribution in [3.05, 3.63) is 210 Å². The minimum Gasteiger partial charge on any atom is -1.00 e. The Morgan fingerprint density at radius 3 is 0.896 bits per heavy atom. The van der Waals surface area contributed by atoms with E-state index in [1.165, 1.54) is 39.6 Å². The number of rotatable bonds is 23. The third-order valence-electron chi connectivity index (χ3n) is 13.1. The molecule has 0 saturated heterocycles. The lowest BCUT2D eigenvalue weighted by molar-refractivity contribution is -0.699. The Kier molecular flexibility index (Phi) is 33.6. The van der Waals surface area contributed by atoms with Gasteiger partial charge in [-0.05, 0) is 155 Å². The van der Waals surface area contributed by atoms with Gasteiger partial charge in [0.1, 0.15) is 32.2 Å². The molecule has 0 bridgehead atoms. The molecule has 7 rings (SSSR count). The number of halogens is 3. The fraction of sp³-hybridized carbons (Fsp3) is 0.308. The van der Waals surface area contributed by atoms with Gasteiger partial charge in [-0.2, -0.15) is 9.13 Å². The van der Waals surface area contributed by atoms with Crippen molar-refractivity contribution in [2.75, 3.05) is 74.0 Å². The molecule has 0 fully saturated rings. The van der Waals surface area contributed by atoms with Gasteiger partial charge in [0.05, 0.1) is 0 Å². The molecule has 0 aliphatic heterocycles. The summed E-state index contributed by atoms with van der Waals surface area (Å²) in [6, 6.07) is 51.8. The summed E-state index contributed by atoms with van der Waals surface area (Å²) < 4.78 is 6.70. The van der Waals surface area contributed by atoms with E-state index in [1.807, 2.05) is 48.5 Å². The van der Waals surface area contributed by atoms with Crippen LogP contribution in [0.5, 0.6) is 0 Å². The molecule has 4 aromatic carbocycles. The van der Waals surface area contributed by atoms with Crippen LogP contribution < -0.4 is 70.5 Å². The molecule has 0 amide bonds. The van der Waals surface area contributed by atoms with Gasteiger partial charge in [0.2, 0.25) is 11.4 Å². The second kappa shape index (κ2) is 37.9. The number of aromatic nitrogens is 3. The maximum absolute atomic E-state index is 10.7. The predicted octanol–water partition coefficient (Wildman–Crippen LogP) is 3.61. The summed E-state index contributed by atoms with van der Waals surface area (Å²) in [5, 5.41) is 0. The highest BCUT2D eigenvalue weighted by Crippen LogP contribution is 2.20. The molecule has 9 nitrogen and oxygen atoms in total. The molecule has 0 spiro atoms. The van der Waals surface area contributed by atoms with Crippen LogP contribution in [-0.2, 0) is 19.6 Å². The Labute approximate surface area is 481 Å². The first-order valence-corrected chi connectivity index (χ1v) is 26.0. The molecule has 0 atom stereocenters. The van der Waals surface area contributed by atoms with Crippen LogP contribution >= 0.6 is 0 Å². The molecule has 0 N–H and O–H groups in total. The molecular weight excluding hydrogens is 1020 g/mol. The van der Waals surface area contributed by atoms with E-state index >= 15 is 0 Å². The summed E-state index contributed by atoms with van der Waals surface area (Å²) in [7, 11) is 8.51. The number of aldehydes is 2. The van der Waals surface area contributed by atoms with Gasteiger partial charge in [0, 0.05) is 144 Å². The quantitative estimate of drug-likeness (QED) is 0.0556. The van der Waals surface area contributed by atoms with Crippen LogP contribution in [0.25, 0.3) is 24.3 Å². The molecule has 0 radical (unpaired) electrons. The average Bonchev–Trinajstić information content (AvgIpc) is 3.44. The molecule has 77 heavy (non-hydrogen) atoms. The summed E-state index contributed by atoms with van der Waals surface area (Å²) in [5.41, 5.74) is 12.4. The minimum atomic E-state index is 0. The molecule has 7 aromatic rings. The van der Waals surface area contributed by atoms with Crippen LogP contribution in [0.15, 0.2) is 170 Å².